The Bertz CT molecular complexity index is 970. The van der Waals surface area contributed by atoms with Crippen molar-refractivity contribution in [2.75, 3.05) is 26.7 Å². The van der Waals surface area contributed by atoms with Crippen LogP contribution in [-0.4, -0.2) is 60.1 Å². The van der Waals surface area contributed by atoms with Gasteiger partial charge in [-0.3, -0.25) is 14.9 Å². The van der Waals surface area contributed by atoms with Crippen molar-refractivity contribution in [3.63, 3.8) is 0 Å². The Hall–Kier alpha value is -2.86. The Labute approximate surface area is 196 Å². The molecule has 1 N–H and O–H groups in total. The van der Waals surface area contributed by atoms with E-state index in [2.05, 4.69) is 36.2 Å². The molecule has 0 saturated carbocycles. The van der Waals surface area contributed by atoms with Gasteiger partial charge >= 0.3 is 0 Å². The predicted molar refractivity (Wildman–Crippen MR) is 129 cm³/mol. The molecule has 176 valence electrons. The molecule has 2 atom stereocenters. The fraction of sp³-hybridized carbons (Fsp3) is 0.481. The largest absolute Gasteiger partial charge is 0.497 e. The smallest absolute Gasteiger partial charge is 0.253 e. The number of amides is 2. The van der Waals surface area contributed by atoms with Crippen molar-refractivity contribution >= 4 is 11.8 Å². The number of hydrogen-bond donors (Lipinski definition) is 1. The predicted octanol–water partition coefficient (Wildman–Crippen LogP) is 3.72. The Morgan fingerprint density at radius 2 is 1.88 bits per heavy atom. The van der Waals surface area contributed by atoms with E-state index in [1.54, 1.807) is 13.2 Å². The van der Waals surface area contributed by atoms with E-state index < -0.39 is 0 Å². The Kier molecular flexibility index (Phi) is 7.03. The van der Waals surface area contributed by atoms with E-state index >= 15 is 0 Å². The standard InChI is InChI=1S/C27H35N3O3/c1-4-20(2)19-30-26(32)24(17-21-9-6-5-7-10-21)28-27(30)13-15-29(16-14-27)25(31)22-11-8-12-23(18-22)33-3/h5-12,18,20,24,28H,4,13-17,19H2,1-3H3/t20-,24-/m1/s1. The van der Waals surface area contributed by atoms with Crippen molar-refractivity contribution in [2.24, 2.45) is 5.92 Å². The van der Waals surface area contributed by atoms with Gasteiger partial charge in [-0.25, -0.2) is 0 Å². The number of likely N-dealkylation sites (tertiary alicyclic amines) is 1. The quantitative estimate of drug-likeness (QED) is 0.700. The highest BCUT2D eigenvalue weighted by Crippen LogP contribution is 2.35. The first-order valence-corrected chi connectivity index (χ1v) is 12.0. The summed E-state index contributed by atoms with van der Waals surface area (Å²) in [6.07, 6.45) is 3.18. The summed E-state index contributed by atoms with van der Waals surface area (Å²) in [5.41, 5.74) is 1.42. The summed E-state index contributed by atoms with van der Waals surface area (Å²) in [7, 11) is 1.61. The second-order valence-corrected chi connectivity index (χ2v) is 9.40. The van der Waals surface area contributed by atoms with Crippen molar-refractivity contribution in [2.45, 2.75) is 51.2 Å². The van der Waals surface area contributed by atoms with E-state index in [-0.39, 0.29) is 23.5 Å². The third kappa shape index (κ3) is 4.91. The van der Waals surface area contributed by atoms with Gasteiger partial charge in [0, 0.05) is 38.0 Å². The van der Waals surface area contributed by atoms with Crippen molar-refractivity contribution in [1.29, 1.82) is 0 Å². The van der Waals surface area contributed by atoms with Crippen LogP contribution in [0.25, 0.3) is 0 Å². The first kappa shape index (κ1) is 23.3. The molecule has 2 saturated heterocycles. The van der Waals surface area contributed by atoms with E-state index in [1.807, 2.05) is 41.3 Å². The topological polar surface area (TPSA) is 61.9 Å². The maximum atomic E-state index is 13.5. The number of rotatable bonds is 7. The first-order valence-electron chi connectivity index (χ1n) is 12.0. The fourth-order valence-corrected chi connectivity index (χ4v) is 4.99. The lowest BCUT2D eigenvalue weighted by atomic mass is 9.94. The molecule has 33 heavy (non-hydrogen) atoms. The van der Waals surface area contributed by atoms with Crippen LogP contribution in [0.4, 0.5) is 0 Å². The zero-order valence-electron chi connectivity index (χ0n) is 19.9. The number of nitrogens with zero attached hydrogens (tertiary/aromatic N) is 2. The maximum Gasteiger partial charge on any atom is 0.253 e. The van der Waals surface area contributed by atoms with Gasteiger partial charge in [0.15, 0.2) is 0 Å². The molecule has 0 bridgehead atoms. The molecule has 2 aromatic carbocycles. The molecule has 0 radical (unpaired) electrons. The van der Waals surface area contributed by atoms with Crippen LogP contribution in [0.15, 0.2) is 54.6 Å². The van der Waals surface area contributed by atoms with Crippen LogP contribution in [-0.2, 0) is 11.2 Å². The highest BCUT2D eigenvalue weighted by atomic mass is 16.5. The molecule has 2 aliphatic heterocycles. The molecular weight excluding hydrogens is 414 g/mol. The van der Waals surface area contributed by atoms with Gasteiger partial charge in [0.2, 0.25) is 5.91 Å². The van der Waals surface area contributed by atoms with Gasteiger partial charge in [-0.15, -0.1) is 0 Å². The zero-order valence-corrected chi connectivity index (χ0v) is 19.9. The third-order valence-corrected chi connectivity index (χ3v) is 7.19. The molecule has 0 aromatic heterocycles. The van der Waals surface area contributed by atoms with Crippen LogP contribution in [0.3, 0.4) is 0 Å². The SMILES string of the molecule is CC[C@@H](C)CN1C(=O)[C@@H](Cc2ccccc2)NC12CCN(C(=O)c1cccc(OC)c1)CC2. The summed E-state index contributed by atoms with van der Waals surface area (Å²) in [6, 6.07) is 17.3. The molecule has 1 spiro atoms. The molecular formula is C27H35N3O3. The van der Waals surface area contributed by atoms with E-state index in [4.69, 9.17) is 4.74 Å². The minimum atomic E-state index is -0.384. The van der Waals surface area contributed by atoms with E-state index in [0.717, 1.165) is 31.4 Å². The number of piperidine rings is 1. The number of ether oxygens (including phenoxy) is 1. The van der Waals surface area contributed by atoms with Gasteiger partial charge < -0.3 is 14.5 Å². The lowest BCUT2D eigenvalue weighted by Gasteiger charge is -2.45. The van der Waals surface area contributed by atoms with Crippen molar-refractivity contribution < 1.29 is 14.3 Å². The molecule has 0 aliphatic carbocycles. The summed E-state index contributed by atoms with van der Waals surface area (Å²) in [5.74, 6) is 1.31. The number of carbonyl (C=O) groups excluding carboxylic acids is 2. The van der Waals surface area contributed by atoms with E-state index in [1.165, 1.54) is 0 Å². The van der Waals surface area contributed by atoms with Gasteiger partial charge in [-0.05, 0) is 36.1 Å². The van der Waals surface area contributed by atoms with Crippen molar-refractivity contribution in [3.05, 3.63) is 65.7 Å². The maximum absolute atomic E-state index is 13.5. The van der Waals surface area contributed by atoms with Gasteiger partial charge in [-0.2, -0.15) is 0 Å². The normalized spacial score (nSPS) is 20.8. The van der Waals surface area contributed by atoms with Crippen molar-refractivity contribution in [1.82, 2.24) is 15.1 Å². The minimum absolute atomic E-state index is 0.0161. The second kappa shape index (κ2) is 9.96. The van der Waals surface area contributed by atoms with Crippen LogP contribution in [0.5, 0.6) is 5.75 Å². The number of benzene rings is 2. The van der Waals surface area contributed by atoms with Crippen LogP contribution >= 0.6 is 0 Å². The molecule has 4 rings (SSSR count). The van der Waals surface area contributed by atoms with E-state index in [0.29, 0.717) is 36.7 Å². The van der Waals surface area contributed by atoms with Gasteiger partial charge in [0.05, 0.1) is 18.8 Å². The molecule has 6 nitrogen and oxygen atoms in total. The third-order valence-electron chi connectivity index (χ3n) is 7.19. The summed E-state index contributed by atoms with van der Waals surface area (Å²) >= 11 is 0. The average molecular weight is 450 g/mol. The fourth-order valence-electron chi connectivity index (χ4n) is 4.99. The zero-order chi connectivity index (χ0) is 23.4. The monoisotopic (exact) mass is 449 g/mol. The van der Waals surface area contributed by atoms with Crippen LogP contribution in [0.1, 0.15) is 49.0 Å². The number of carbonyl (C=O) groups is 2. The van der Waals surface area contributed by atoms with Crippen LogP contribution < -0.4 is 10.1 Å². The molecule has 6 heteroatoms. The lowest BCUT2D eigenvalue weighted by Crippen LogP contribution is -2.60. The molecule has 2 heterocycles. The Morgan fingerprint density at radius 1 is 1.15 bits per heavy atom. The second-order valence-electron chi connectivity index (χ2n) is 9.40. The minimum Gasteiger partial charge on any atom is -0.497 e. The molecule has 0 unspecified atom stereocenters. The molecule has 2 aromatic rings. The van der Waals surface area contributed by atoms with Crippen LogP contribution in [0, 0.1) is 5.92 Å². The summed E-state index contributed by atoms with van der Waals surface area (Å²) < 4.78 is 5.28. The lowest BCUT2D eigenvalue weighted by molar-refractivity contribution is -0.134. The number of methoxy groups -OCH3 is 1. The summed E-state index contributed by atoms with van der Waals surface area (Å²) in [5, 5.41) is 3.72. The molecule has 2 aliphatic rings. The highest BCUT2D eigenvalue weighted by molar-refractivity contribution is 5.94. The van der Waals surface area contributed by atoms with Gasteiger partial charge in [0.25, 0.3) is 5.91 Å². The molecule has 2 fully saturated rings. The van der Waals surface area contributed by atoms with E-state index in [9.17, 15) is 9.59 Å². The number of nitrogens with one attached hydrogen (secondary N) is 1. The van der Waals surface area contributed by atoms with Crippen LogP contribution in [0.2, 0.25) is 0 Å². The first-order chi connectivity index (χ1) is 16.0. The number of hydrogen-bond acceptors (Lipinski definition) is 4. The average Bonchev–Trinajstić information content (AvgIpc) is 3.09. The summed E-state index contributed by atoms with van der Waals surface area (Å²) in [4.78, 5) is 30.6. The Balaban J connectivity index is 1.50. The Morgan fingerprint density at radius 3 is 2.55 bits per heavy atom. The summed E-state index contributed by atoms with van der Waals surface area (Å²) in [6.45, 7) is 6.35. The van der Waals surface area contributed by atoms with Gasteiger partial charge in [0.1, 0.15) is 5.75 Å². The van der Waals surface area contributed by atoms with Gasteiger partial charge in [-0.1, -0.05) is 56.7 Å². The highest BCUT2D eigenvalue weighted by Gasteiger charge is 2.51. The van der Waals surface area contributed by atoms with Crippen molar-refractivity contribution in [3.8, 4) is 5.75 Å². The molecule has 2 amide bonds.